The van der Waals surface area contributed by atoms with E-state index in [1.165, 1.54) is 0 Å². The van der Waals surface area contributed by atoms with Crippen molar-refractivity contribution in [2.45, 2.75) is 46.1 Å². The number of carbonyl (C=O) groups is 1. The van der Waals surface area contributed by atoms with Gasteiger partial charge in [-0.15, -0.1) is 0 Å². The van der Waals surface area contributed by atoms with Gasteiger partial charge >= 0.3 is 0 Å². The summed E-state index contributed by atoms with van der Waals surface area (Å²) in [5.41, 5.74) is 9.45. The molecule has 98 valence electrons. The molecule has 3 N–H and O–H groups in total. The summed E-state index contributed by atoms with van der Waals surface area (Å²) in [6.45, 7) is 8.43. The molecule has 0 bridgehead atoms. The highest BCUT2D eigenvalue weighted by Gasteiger charge is 2.30. The van der Waals surface area contributed by atoms with Crippen molar-refractivity contribution in [1.29, 1.82) is 0 Å². The molecule has 18 heavy (non-hydrogen) atoms. The van der Waals surface area contributed by atoms with Crippen molar-refractivity contribution in [3.05, 3.63) is 29.3 Å². The lowest BCUT2D eigenvalue weighted by atomic mass is 9.82. The average molecular weight is 246 g/mol. The van der Waals surface area contributed by atoms with Crippen LogP contribution < -0.4 is 11.1 Å². The minimum absolute atomic E-state index is 0.0176. The summed E-state index contributed by atoms with van der Waals surface area (Å²) in [6.07, 6.45) is 0.826. The SMILES string of the molecule is CCC1C(=O)Nc2ccc(C(N)C(C)(C)C)cc21. The van der Waals surface area contributed by atoms with E-state index in [0.29, 0.717) is 0 Å². The van der Waals surface area contributed by atoms with Crippen LogP contribution >= 0.6 is 0 Å². The van der Waals surface area contributed by atoms with Gasteiger partial charge in [0.25, 0.3) is 0 Å². The van der Waals surface area contributed by atoms with E-state index in [0.717, 1.165) is 23.2 Å². The topological polar surface area (TPSA) is 55.1 Å². The number of fused-ring (bicyclic) bond motifs is 1. The second-order valence-corrected chi connectivity index (χ2v) is 6.14. The fraction of sp³-hybridized carbons (Fsp3) is 0.533. The highest BCUT2D eigenvalue weighted by molar-refractivity contribution is 6.02. The van der Waals surface area contributed by atoms with E-state index in [9.17, 15) is 4.79 Å². The molecule has 0 saturated heterocycles. The van der Waals surface area contributed by atoms with Crippen molar-refractivity contribution in [1.82, 2.24) is 0 Å². The van der Waals surface area contributed by atoms with Gasteiger partial charge < -0.3 is 11.1 Å². The molecule has 2 unspecified atom stereocenters. The predicted octanol–water partition coefficient (Wildman–Crippen LogP) is 3.18. The molecule has 1 amide bonds. The molecular weight excluding hydrogens is 224 g/mol. The number of hydrogen-bond acceptors (Lipinski definition) is 2. The lowest BCUT2D eigenvalue weighted by molar-refractivity contribution is -0.117. The van der Waals surface area contributed by atoms with Crippen LogP contribution in [0.15, 0.2) is 18.2 Å². The zero-order chi connectivity index (χ0) is 13.5. The first kappa shape index (κ1) is 13.1. The Morgan fingerprint density at radius 3 is 2.61 bits per heavy atom. The molecule has 0 radical (unpaired) electrons. The van der Waals surface area contributed by atoms with Gasteiger partial charge in [0.05, 0.1) is 5.92 Å². The van der Waals surface area contributed by atoms with Gasteiger partial charge in [0.2, 0.25) is 5.91 Å². The first-order valence-electron chi connectivity index (χ1n) is 6.55. The van der Waals surface area contributed by atoms with Crippen LogP contribution in [0.1, 0.15) is 57.2 Å². The summed E-state index contributed by atoms with van der Waals surface area (Å²) in [4.78, 5) is 11.8. The number of nitrogens with one attached hydrogen (secondary N) is 1. The largest absolute Gasteiger partial charge is 0.325 e. The van der Waals surface area contributed by atoms with Crippen LogP contribution in [0.4, 0.5) is 5.69 Å². The molecule has 0 fully saturated rings. The normalized spacial score (nSPS) is 20.5. The van der Waals surface area contributed by atoms with E-state index >= 15 is 0 Å². The summed E-state index contributed by atoms with van der Waals surface area (Å²) in [6, 6.07) is 6.07. The third-order valence-electron chi connectivity index (χ3n) is 3.73. The van der Waals surface area contributed by atoms with Crippen LogP contribution in [0.5, 0.6) is 0 Å². The average Bonchev–Trinajstić information content (AvgIpc) is 2.61. The van der Waals surface area contributed by atoms with E-state index in [4.69, 9.17) is 5.73 Å². The van der Waals surface area contributed by atoms with Gasteiger partial charge in [0, 0.05) is 11.7 Å². The van der Waals surface area contributed by atoms with Crippen LogP contribution in [0.25, 0.3) is 0 Å². The number of hydrogen-bond donors (Lipinski definition) is 2. The lowest BCUT2D eigenvalue weighted by Gasteiger charge is -2.28. The summed E-state index contributed by atoms with van der Waals surface area (Å²) in [5, 5.41) is 2.92. The summed E-state index contributed by atoms with van der Waals surface area (Å²) >= 11 is 0. The van der Waals surface area contributed by atoms with Crippen LogP contribution in [0, 0.1) is 5.41 Å². The van der Waals surface area contributed by atoms with Gasteiger partial charge in [-0.3, -0.25) is 4.79 Å². The predicted molar refractivity (Wildman–Crippen MR) is 74.5 cm³/mol. The van der Waals surface area contributed by atoms with Gasteiger partial charge in [0.15, 0.2) is 0 Å². The second-order valence-electron chi connectivity index (χ2n) is 6.14. The number of anilines is 1. The number of benzene rings is 1. The third kappa shape index (κ3) is 2.15. The fourth-order valence-electron chi connectivity index (χ4n) is 2.44. The van der Waals surface area contributed by atoms with Crippen LogP contribution in [0.3, 0.4) is 0 Å². The first-order chi connectivity index (χ1) is 8.34. The summed E-state index contributed by atoms with van der Waals surface area (Å²) in [7, 11) is 0. The monoisotopic (exact) mass is 246 g/mol. The number of carbonyl (C=O) groups excluding carboxylic acids is 1. The van der Waals surface area contributed by atoms with E-state index in [1.54, 1.807) is 0 Å². The molecule has 3 nitrogen and oxygen atoms in total. The quantitative estimate of drug-likeness (QED) is 0.842. The van der Waals surface area contributed by atoms with E-state index < -0.39 is 0 Å². The Balaban J connectivity index is 2.39. The Labute approximate surface area is 109 Å². The second kappa shape index (κ2) is 4.39. The minimum Gasteiger partial charge on any atom is -0.325 e. The van der Waals surface area contributed by atoms with Crippen LogP contribution in [-0.2, 0) is 4.79 Å². The highest BCUT2D eigenvalue weighted by Crippen LogP contribution is 2.38. The van der Waals surface area contributed by atoms with Crippen molar-refractivity contribution >= 4 is 11.6 Å². The van der Waals surface area contributed by atoms with Crippen molar-refractivity contribution in [2.24, 2.45) is 11.1 Å². The summed E-state index contributed by atoms with van der Waals surface area (Å²) < 4.78 is 0. The Morgan fingerprint density at radius 2 is 2.06 bits per heavy atom. The smallest absolute Gasteiger partial charge is 0.231 e. The molecule has 1 aromatic carbocycles. The van der Waals surface area contributed by atoms with E-state index in [2.05, 4.69) is 32.2 Å². The van der Waals surface area contributed by atoms with Gasteiger partial charge in [-0.1, -0.05) is 39.8 Å². The molecule has 0 aliphatic carbocycles. The summed E-state index contributed by atoms with van der Waals surface area (Å²) in [5.74, 6) is 0.0844. The van der Waals surface area contributed by atoms with Crippen molar-refractivity contribution in [2.75, 3.05) is 5.32 Å². The molecule has 3 heteroatoms. The lowest BCUT2D eigenvalue weighted by Crippen LogP contribution is -2.26. The van der Waals surface area contributed by atoms with Crippen molar-refractivity contribution in [3.63, 3.8) is 0 Å². The number of amides is 1. The molecular formula is C15H22N2O. The Bertz CT molecular complexity index is 474. The van der Waals surface area contributed by atoms with Gasteiger partial charge in [-0.25, -0.2) is 0 Å². The Hall–Kier alpha value is -1.35. The molecule has 1 aromatic rings. The molecule has 2 rings (SSSR count). The molecule has 0 saturated carbocycles. The van der Waals surface area contributed by atoms with E-state index in [1.807, 2.05) is 19.1 Å². The minimum atomic E-state index is -0.0212. The first-order valence-corrected chi connectivity index (χ1v) is 6.55. The molecule has 1 heterocycles. The Morgan fingerprint density at radius 1 is 1.39 bits per heavy atom. The molecule has 0 aromatic heterocycles. The van der Waals surface area contributed by atoms with Crippen molar-refractivity contribution < 1.29 is 4.79 Å². The molecule has 0 spiro atoms. The maximum atomic E-state index is 11.8. The molecule has 1 aliphatic heterocycles. The zero-order valence-electron chi connectivity index (χ0n) is 11.6. The zero-order valence-corrected chi connectivity index (χ0v) is 11.6. The van der Waals surface area contributed by atoms with Gasteiger partial charge in [-0.05, 0) is 29.0 Å². The number of rotatable bonds is 2. The standard InChI is InChI=1S/C15H22N2O/c1-5-10-11-8-9(13(16)15(2,3)4)6-7-12(11)17-14(10)18/h6-8,10,13H,5,16H2,1-4H3,(H,17,18). The third-order valence-corrected chi connectivity index (χ3v) is 3.73. The van der Waals surface area contributed by atoms with Crippen LogP contribution in [-0.4, -0.2) is 5.91 Å². The number of nitrogens with two attached hydrogens (primary N) is 1. The maximum absolute atomic E-state index is 11.8. The molecule has 2 atom stereocenters. The van der Waals surface area contributed by atoms with E-state index in [-0.39, 0.29) is 23.3 Å². The Kier molecular flexibility index (Phi) is 3.20. The highest BCUT2D eigenvalue weighted by atomic mass is 16.2. The fourth-order valence-corrected chi connectivity index (χ4v) is 2.44. The van der Waals surface area contributed by atoms with Crippen molar-refractivity contribution in [3.8, 4) is 0 Å². The maximum Gasteiger partial charge on any atom is 0.231 e. The van der Waals surface area contributed by atoms with Gasteiger partial charge in [0.1, 0.15) is 0 Å². The van der Waals surface area contributed by atoms with Gasteiger partial charge in [-0.2, -0.15) is 0 Å². The van der Waals surface area contributed by atoms with Crippen LogP contribution in [0.2, 0.25) is 0 Å². The molecule has 1 aliphatic rings.